The molecule has 1 fully saturated rings. The molecule has 0 atom stereocenters. The zero-order valence-electron chi connectivity index (χ0n) is 9.15. The molecule has 1 heterocycles. The van der Waals surface area contributed by atoms with E-state index < -0.39 is 0 Å². The van der Waals surface area contributed by atoms with Gasteiger partial charge in [0.15, 0.2) is 0 Å². The summed E-state index contributed by atoms with van der Waals surface area (Å²) < 4.78 is 10.3. The Hall–Kier alpha value is -1.63. The molecule has 1 aliphatic carbocycles. The molecule has 1 amide bonds. The maximum absolute atomic E-state index is 12.0. The lowest BCUT2D eigenvalue weighted by molar-refractivity contribution is -0.131. The standard InChI is InChI=1S/C12H15NO3/c1-2-5-13(8-10-3-4-10)12(14)11-9-15-6-7-16-11/h1,9-10H,3-8H2. The average molecular weight is 221 g/mol. The van der Waals surface area contributed by atoms with Crippen molar-refractivity contribution in [3.05, 3.63) is 12.0 Å². The molecule has 1 saturated carbocycles. The third kappa shape index (κ3) is 2.69. The van der Waals surface area contributed by atoms with Crippen molar-refractivity contribution in [1.29, 1.82) is 0 Å². The van der Waals surface area contributed by atoms with Crippen LogP contribution in [0, 0.1) is 18.3 Å². The Labute approximate surface area is 95.2 Å². The van der Waals surface area contributed by atoms with Crippen LogP contribution in [0.5, 0.6) is 0 Å². The zero-order chi connectivity index (χ0) is 11.4. The van der Waals surface area contributed by atoms with E-state index in [0.717, 1.165) is 6.54 Å². The van der Waals surface area contributed by atoms with Gasteiger partial charge in [0.25, 0.3) is 5.91 Å². The van der Waals surface area contributed by atoms with E-state index in [1.54, 1.807) is 4.90 Å². The second-order valence-electron chi connectivity index (χ2n) is 4.03. The van der Waals surface area contributed by atoms with Gasteiger partial charge in [0, 0.05) is 6.54 Å². The van der Waals surface area contributed by atoms with Gasteiger partial charge in [0.2, 0.25) is 5.76 Å². The topological polar surface area (TPSA) is 38.8 Å². The van der Waals surface area contributed by atoms with Crippen LogP contribution in [0.1, 0.15) is 12.8 Å². The summed E-state index contributed by atoms with van der Waals surface area (Å²) in [5.74, 6) is 3.22. The van der Waals surface area contributed by atoms with Crippen LogP contribution in [-0.4, -0.2) is 37.1 Å². The largest absolute Gasteiger partial charge is 0.494 e. The van der Waals surface area contributed by atoms with Crippen molar-refractivity contribution in [3.63, 3.8) is 0 Å². The summed E-state index contributed by atoms with van der Waals surface area (Å²) in [6, 6.07) is 0. The second-order valence-corrected chi connectivity index (χ2v) is 4.03. The lowest BCUT2D eigenvalue weighted by Crippen LogP contribution is -2.36. The fourth-order valence-electron chi connectivity index (χ4n) is 1.58. The van der Waals surface area contributed by atoms with Crippen molar-refractivity contribution in [2.75, 3.05) is 26.3 Å². The Kier molecular flexibility index (Phi) is 3.35. The van der Waals surface area contributed by atoms with Crippen molar-refractivity contribution in [1.82, 2.24) is 4.90 Å². The molecule has 4 nitrogen and oxygen atoms in total. The van der Waals surface area contributed by atoms with E-state index in [1.165, 1.54) is 19.1 Å². The van der Waals surface area contributed by atoms with Crippen LogP contribution < -0.4 is 0 Å². The van der Waals surface area contributed by atoms with Gasteiger partial charge in [0.1, 0.15) is 19.5 Å². The first-order chi connectivity index (χ1) is 7.81. The molecule has 16 heavy (non-hydrogen) atoms. The third-order valence-corrected chi connectivity index (χ3v) is 2.60. The highest BCUT2D eigenvalue weighted by molar-refractivity contribution is 5.91. The highest BCUT2D eigenvalue weighted by atomic mass is 16.6. The Bertz CT molecular complexity index is 339. The van der Waals surface area contributed by atoms with Crippen LogP contribution in [0.4, 0.5) is 0 Å². The predicted octanol–water partition coefficient (Wildman–Crippen LogP) is 0.746. The van der Waals surface area contributed by atoms with Crippen LogP contribution in [-0.2, 0) is 14.3 Å². The summed E-state index contributed by atoms with van der Waals surface area (Å²) in [5, 5.41) is 0. The van der Waals surface area contributed by atoms with Crippen LogP contribution in [0.2, 0.25) is 0 Å². The fourth-order valence-corrected chi connectivity index (χ4v) is 1.58. The van der Waals surface area contributed by atoms with Crippen molar-refractivity contribution in [3.8, 4) is 12.3 Å². The molecule has 0 N–H and O–H groups in total. The molecule has 86 valence electrons. The number of ether oxygens (including phenoxy) is 2. The van der Waals surface area contributed by atoms with Gasteiger partial charge < -0.3 is 14.4 Å². The Morgan fingerprint density at radius 2 is 2.38 bits per heavy atom. The number of hydrogen-bond acceptors (Lipinski definition) is 3. The van der Waals surface area contributed by atoms with E-state index in [0.29, 0.717) is 25.7 Å². The van der Waals surface area contributed by atoms with Gasteiger partial charge in [-0.3, -0.25) is 4.79 Å². The van der Waals surface area contributed by atoms with E-state index in [4.69, 9.17) is 15.9 Å². The smallest absolute Gasteiger partial charge is 0.293 e. The van der Waals surface area contributed by atoms with E-state index in [2.05, 4.69) is 5.92 Å². The monoisotopic (exact) mass is 221 g/mol. The third-order valence-electron chi connectivity index (χ3n) is 2.60. The second kappa shape index (κ2) is 4.93. The molecule has 2 rings (SSSR count). The fraction of sp³-hybridized carbons (Fsp3) is 0.583. The number of carbonyl (C=O) groups is 1. The average Bonchev–Trinajstić information content (AvgIpc) is 3.13. The maximum Gasteiger partial charge on any atom is 0.293 e. The molecule has 0 radical (unpaired) electrons. The summed E-state index contributed by atoms with van der Waals surface area (Å²) in [6.45, 7) is 1.97. The predicted molar refractivity (Wildman–Crippen MR) is 58.1 cm³/mol. The molecule has 0 unspecified atom stereocenters. The number of terminal acetylenes is 1. The minimum atomic E-state index is -0.162. The quantitative estimate of drug-likeness (QED) is 0.657. The van der Waals surface area contributed by atoms with Crippen molar-refractivity contribution in [2.24, 2.45) is 5.92 Å². The summed E-state index contributed by atoms with van der Waals surface area (Å²) in [5.41, 5.74) is 0. The number of rotatable bonds is 4. The molecule has 0 saturated heterocycles. The minimum Gasteiger partial charge on any atom is -0.494 e. The molecule has 0 spiro atoms. The maximum atomic E-state index is 12.0. The van der Waals surface area contributed by atoms with Gasteiger partial charge >= 0.3 is 0 Å². The molecular formula is C12H15NO3. The first-order valence-electron chi connectivity index (χ1n) is 5.48. The molecule has 0 aromatic rings. The first kappa shape index (κ1) is 10.9. The summed E-state index contributed by atoms with van der Waals surface area (Å²) in [6.07, 6.45) is 9.01. The van der Waals surface area contributed by atoms with Crippen LogP contribution >= 0.6 is 0 Å². The summed E-state index contributed by atoms with van der Waals surface area (Å²) >= 11 is 0. The molecule has 2 aliphatic rings. The van der Waals surface area contributed by atoms with Gasteiger partial charge in [0.05, 0.1) is 6.54 Å². The zero-order valence-corrected chi connectivity index (χ0v) is 9.15. The van der Waals surface area contributed by atoms with Gasteiger partial charge in [-0.2, -0.15) is 0 Å². The molecule has 0 aromatic carbocycles. The van der Waals surface area contributed by atoms with E-state index in [9.17, 15) is 4.79 Å². The highest BCUT2D eigenvalue weighted by Gasteiger charge is 2.29. The van der Waals surface area contributed by atoms with Crippen LogP contribution in [0.15, 0.2) is 12.0 Å². The Morgan fingerprint density at radius 1 is 1.56 bits per heavy atom. The van der Waals surface area contributed by atoms with Gasteiger partial charge in [-0.15, -0.1) is 6.42 Å². The normalized spacial score (nSPS) is 18.8. The molecule has 1 aliphatic heterocycles. The number of amides is 1. The Balaban J connectivity index is 1.97. The lowest BCUT2D eigenvalue weighted by atomic mass is 10.3. The first-order valence-corrected chi connectivity index (χ1v) is 5.48. The van der Waals surface area contributed by atoms with Crippen molar-refractivity contribution >= 4 is 5.91 Å². The summed E-state index contributed by atoms with van der Waals surface area (Å²) in [7, 11) is 0. The minimum absolute atomic E-state index is 0.162. The van der Waals surface area contributed by atoms with Gasteiger partial charge in [-0.1, -0.05) is 5.92 Å². The van der Waals surface area contributed by atoms with Gasteiger partial charge in [-0.25, -0.2) is 0 Å². The van der Waals surface area contributed by atoms with Crippen molar-refractivity contribution < 1.29 is 14.3 Å². The Morgan fingerprint density at radius 3 is 2.94 bits per heavy atom. The van der Waals surface area contributed by atoms with E-state index in [1.807, 2.05) is 0 Å². The highest BCUT2D eigenvalue weighted by Crippen LogP contribution is 2.30. The SMILES string of the molecule is C#CCN(CC1CC1)C(=O)C1=COCCO1. The van der Waals surface area contributed by atoms with E-state index >= 15 is 0 Å². The number of nitrogens with zero attached hydrogens (tertiary/aromatic N) is 1. The number of carbonyl (C=O) groups excluding carboxylic acids is 1. The van der Waals surface area contributed by atoms with Crippen molar-refractivity contribution in [2.45, 2.75) is 12.8 Å². The molecule has 4 heteroatoms. The van der Waals surface area contributed by atoms with Crippen LogP contribution in [0.3, 0.4) is 0 Å². The van der Waals surface area contributed by atoms with Crippen LogP contribution in [0.25, 0.3) is 0 Å². The van der Waals surface area contributed by atoms with Gasteiger partial charge in [-0.05, 0) is 18.8 Å². The summed E-state index contributed by atoms with van der Waals surface area (Å²) in [4.78, 5) is 13.7. The van der Waals surface area contributed by atoms with E-state index in [-0.39, 0.29) is 11.7 Å². The number of hydrogen-bond donors (Lipinski definition) is 0. The molecule has 0 bridgehead atoms. The lowest BCUT2D eigenvalue weighted by Gasteiger charge is -2.23. The molecule has 0 aromatic heterocycles. The molecular weight excluding hydrogens is 206 g/mol.